The molecule has 3 N–H and O–H groups in total. The zero-order chi connectivity index (χ0) is 8.97. The van der Waals surface area contributed by atoms with Gasteiger partial charge in [0.25, 0.3) is 5.91 Å². The molecular formula is C7H11N3O2. The van der Waals surface area contributed by atoms with E-state index in [0.717, 1.165) is 0 Å². The first-order valence-electron chi connectivity index (χ1n) is 3.71. The topological polar surface area (TPSA) is 81.2 Å². The highest BCUT2D eigenvalue weighted by molar-refractivity contribution is 5.90. The van der Waals surface area contributed by atoms with Crippen LogP contribution in [0.5, 0.6) is 0 Å². The number of carbonyl (C=O) groups excluding carboxylic acids is 1. The second-order valence-electron chi connectivity index (χ2n) is 2.18. The van der Waals surface area contributed by atoms with Crippen LogP contribution in [0.4, 0.5) is 0 Å². The van der Waals surface area contributed by atoms with E-state index in [2.05, 4.69) is 10.3 Å². The summed E-state index contributed by atoms with van der Waals surface area (Å²) >= 11 is 0. The lowest BCUT2D eigenvalue weighted by Gasteiger charge is -1.95. The molecule has 1 amide bonds. The van der Waals surface area contributed by atoms with Crippen molar-refractivity contribution in [2.75, 3.05) is 6.54 Å². The first kappa shape index (κ1) is 8.73. The largest absolute Gasteiger partial charge is 0.434 e. The Morgan fingerprint density at radius 3 is 3.08 bits per heavy atom. The second kappa shape index (κ2) is 3.87. The summed E-state index contributed by atoms with van der Waals surface area (Å²) in [5.74, 6) is 0.318. The molecule has 0 unspecified atom stereocenters. The van der Waals surface area contributed by atoms with E-state index in [1.807, 2.05) is 6.92 Å². The molecule has 66 valence electrons. The van der Waals surface area contributed by atoms with E-state index in [-0.39, 0.29) is 18.2 Å². The van der Waals surface area contributed by atoms with E-state index in [1.165, 1.54) is 6.20 Å². The first-order chi connectivity index (χ1) is 5.77. The van der Waals surface area contributed by atoms with E-state index in [0.29, 0.717) is 12.4 Å². The molecule has 0 saturated carbocycles. The van der Waals surface area contributed by atoms with E-state index in [1.54, 1.807) is 0 Å². The highest BCUT2D eigenvalue weighted by atomic mass is 16.4. The normalized spacial score (nSPS) is 9.83. The minimum Gasteiger partial charge on any atom is -0.434 e. The zero-order valence-electron chi connectivity index (χ0n) is 6.83. The van der Waals surface area contributed by atoms with Gasteiger partial charge in [-0.25, -0.2) is 4.98 Å². The Bertz CT molecular complexity index is 269. The van der Waals surface area contributed by atoms with Gasteiger partial charge in [0, 0.05) is 6.54 Å². The van der Waals surface area contributed by atoms with Crippen LogP contribution in [0.3, 0.4) is 0 Å². The van der Waals surface area contributed by atoms with Crippen LogP contribution in [0.25, 0.3) is 0 Å². The van der Waals surface area contributed by atoms with Crippen molar-refractivity contribution in [3.63, 3.8) is 0 Å². The number of hydrogen-bond acceptors (Lipinski definition) is 4. The number of nitrogens with zero attached hydrogens (tertiary/aromatic N) is 1. The first-order valence-corrected chi connectivity index (χ1v) is 3.71. The maximum Gasteiger partial charge on any atom is 0.288 e. The number of oxazole rings is 1. The minimum absolute atomic E-state index is 0.206. The molecule has 5 heteroatoms. The fourth-order valence-electron chi connectivity index (χ4n) is 0.757. The molecule has 1 rings (SSSR count). The summed E-state index contributed by atoms with van der Waals surface area (Å²) in [7, 11) is 0. The van der Waals surface area contributed by atoms with Crippen LogP contribution in [0.2, 0.25) is 0 Å². The number of aromatic nitrogens is 1. The van der Waals surface area contributed by atoms with Crippen molar-refractivity contribution in [2.24, 2.45) is 5.73 Å². The molecule has 1 aromatic rings. The van der Waals surface area contributed by atoms with Crippen LogP contribution in [0.1, 0.15) is 23.4 Å². The Morgan fingerprint density at radius 2 is 2.58 bits per heavy atom. The van der Waals surface area contributed by atoms with E-state index < -0.39 is 0 Å². The van der Waals surface area contributed by atoms with Gasteiger partial charge in [0.2, 0.25) is 11.7 Å². The Morgan fingerprint density at radius 1 is 1.83 bits per heavy atom. The average Bonchev–Trinajstić information content (AvgIpc) is 2.52. The molecule has 12 heavy (non-hydrogen) atoms. The lowest BCUT2D eigenvalue weighted by Crippen LogP contribution is -2.21. The van der Waals surface area contributed by atoms with E-state index in [9.17, 15) is 4.79 Å². The fourth-order valence-corrected chi connectivity index (χ4v) is 0.757. The van der Waals surface area contributed by atoms with Crippen LogP contribution in [0, 0.1) is 0 Å². The van der Waals surface area contributed by atoms with E-state index in [4.69, 9.17) is 10.2 Å². The molecule has 0 spiro atoms. The molecule has 0 saturated heterocycles. The highest BCUT2D eigenvalue weighted by Crippen LogP contribution is 2.01. The second-order valence-corrected chi connectivity index (χ2v) is 2.18. The van der Waals surface area contributed by atoms with Crippen LogP contribution in [-0.2, 0) is 6.54 Å². The number of nitrogens with one attached hydrogen (secondary N) is 1. The highest BCUT2D eigenvalue weighted by Gasteiger charge is 2.09. The predicted molar refractivity (Wildman–Crippen MR) is 42.4 cm³/mol. The summed E-state index contributed by atoms with van der Waals surface area (Å²) in [6.45, 7) is 2.61. The summed E-state index contributed by atoms with van der Waals surface area (Å²) in [6.07, 6.45) is 1.37. The van der Waals surface area contributed by atoms with Gasteiger partial charge in [-0.2, -0.15) is 0 Å². The van der Waals surface area contributed by atoms with Crippen LogP contribution in [0.15, 0.2) is 10.6 Å². The van der Waals surface area contributed by atoms with Crippen LogP contribution < -0.4 is 11.1 Å². The lowest BCUT2D eigenvalue weighted by atomic mass is 10.5. The van der Waals surface area contributed by atoms with Gasteiger partial charge in [-0.1, -0.05) is 0 Å². The third-order valence-corrected chi connectivity index (χ3v) is 1.29. The molecule has 1 aromatic heterocycles. The molecule has 0 aromatic carbocycles. The number of nitrogens with two attached hydrogens (primary N) is 1. The van der Waals surface area contributed by atoms with Gasteiger partial charge >= 0.3 is 0 Å². The molecule has 0 atom stereocenters. The smallest absolute Gasteiger partial charge is 0.288 e. The molecule has 0 bridgehead atoms. The van der Waals surface area contributed by atoms with Gasteiger partial charge in [-0.15, -0.1) is 0 Å². The van der Waals surface area contributed by atoms with Crippen molar-refractivity contribution < 1.29 is 9.21 Å². The Kier molecular flexibility index (Phi) is 2.82. The molecule has 0 fully saturated rings. The SMILES string of the molecule is CCNC(=O)c1cnc(CN)o1. The van der Waals surface area contributed by atoms with Gasteiger partial charge in [0.15, 0.2) is 0 Å². The maximum absolute atomic E-state index is 11.1. The van der Waals surface area contributed by atoms with Crippen LogP contribution >= 0.6 is 0 Å². The number of hydrogen-bond donors (Lipinski definition) is 2. The predicted octanol–water partition coefficient (Wildman–Crippen LogP) is -0.117. The van der Waals surface area contributed by atoms with E-state index >= 15 is 0 Å². The van der Waals surface area contributed by atoms with Crippen molar-refractivity contribution >= 4 is 5.91 Å². The monoisotopic (exact) mass is 169 g/mol. The Balaban J connectivity index is 2.68. The van der Waals surface area contributed by atoms with Gasteiger partial charge < -0.3 is 15.5 Å². The standard InChI is InChI=1S/C7H11N3O2/c1-2-9-7(11)5-4-10-6(3-8)12-5/h4H,2-3,8H2,1H3,(H,9,11). The van der Waals surface area contributed by atoms with Crippen molar-refractivity contribution in [3.05, 3.63) is 17.8 Å². The zero-order valence-corrected chi connectivity index (χ0v) is 6.83. The summed E-state index contributed by atoms with van der Waals surface area (Å²) in [4.78, 5) is 14.9. The van der Waals surface area contributed by atoms with Crippen molar-refractivity contribution in [1.82, 2.24) is 10.3 Å². The van der Waals surface area contributed by atoms with Crippen LogP contribution in [-0.4, -0.2) is 17.4 Å². The third kappa shape index (κ3) is 1.82. The number of amides is 1. The molecular weight excluding hydrogens is 158 g/mol. The lowest BCUT2D eigenvalue weighted by molar-refractivity contribution is 0.0926. The molecule has 1 heterocycles. The quantitative estimate of drug-likeness (QED) is 0.661. The van der Waals surface area contributed by atoms with Gasteiger partial charge in [-0.3, -0.25) is 4.79 Å². The van der Waals surface area contributed by atoms with Gasteiger partial charge in [0.05, 0.1) is 12.7 Å². The fraction of sp³-hybridized carbons (Fsp3) is 0.429. The summed E-state index contributed by atoms with van der Waals surface area (Å²) < 4.78 is 5.00. The third-order valence-electron chi connectivity index (χ3n) is 1.29. The maximum atomic E-state index is 11.1. The number of carbonyl (C=O) groups is 1. The molecule has 0 aliphatic carbocycles. The summed E-state index contributed by atoms with van der Waals surface area (Å²) in [6, 6.07) is 0. The minimum atomic E-state index is -0.260. The van der Waals surface area contributed by atoms with Crippen molar-refractivity contribution in [2.45, 2.75) is 13.5 Å². The molecule has 5 nitrogen and oxygen atoms in total. The number of rotatable bonds is 3. The molecule has 0 aliphatic rings. The Hall–Kier alpha value is -1.36. The van der Waals surface area contributed by atoms with Crippen molar-refractivity contribution in [1.29, 1.82) is 0 Å². The van der Waals surface area contributed by atoms with Gasteiger partial charge in [0.1, 0.15) is 0 Å². The Labute approximate surface area is 70.0 Å². The average molecular weight is 169 g/mol. The molecule has 0 aliphatic heterocycles. The van der Waals surface area contributed by atoms with Gasteiger partial charge in [-0.05, 0) is 6.92 Å². The molecule has 0 radical (unpaired) electrons. The van der Waals surface area contributed by atoms with Crippen molar-refractivity contribution in [3.8, 4) is 0 Å². The summed E-state index contributed by atoms with van der Waals surface area (Å²) in [5.41, 5.74) is 5.25. The summed E-state index contributed by atoms with van der Waals surface area (Å²) in [5, 5.41) is 2.59.